The van der Waals surface area contributed by atoms with Crippen molar-refractivity contribution in [3.63, 3.8) is 0 Å². The minimum absolute atomic E-state index is 0.0720. The van der Waals surface area contributed by atoms with E-state index in [0.29, 0.717) is 17.4 Å². The van der Waals surface area contributed by atoms with Gasteiger partial charge in [-0.2, -0.15) is 4.98 Å². The van der Waals surface area contributed by atoms with E-state index in [1.54, 1.807) is 24.3 Å². The number of hydrogen-bond acceptors (Lipinski definition) is 5. The van der Waals surface area contributed by atoms with Gasteiger partial charge in [0.15, 0.2) is 5.52 Å². The first kappa shape index (κ1) is 17.7. The zero-order chi connectivity index (χ0) is 19.8. The second-order valence-corrected chi connectivity index (χ2v) is 6.84. The van der Waals surface area contributed by atoms with E-state index in [0.717, 1.165) is 5.56 Å². The SMILES string of the molecule is CC(C)c1ccc(-c2nc3c(N)n(-c4ccccc4)c(=O)nc3c(=O)[nH]2)cc1. The predicted octanol–water partition coefficient (Wildman–Crippen LogP) is 2.84. The van der Waals surface area contributed by atoms with Gasteiger partial charge in [-0.1, -0.05) is 56.3 Å². The average molecular weight is 373 g/mol. The fourth-order valence-corrected chi connectivity index (χ4v) is 3.09. The van der Waals surface area contributed by atoms with Crippen LogP contribution in [0.3, 0.4) is 0 Å². The summed E-state index contributed by atoms with van der Waals surface area (Å²) in [6.45, 7) is 4.22. The van der Waals surface area contributed by atoms with Crippen molar-refractivity contribution in [1.29, 1.82) is 0 Å². The van der Waals surface area contributed by atoms with Gasteiger partial charge in [-0.05, 0) is 23.6 Å². The molecule has 0 fully saturated rings. The van der Waals surface area contributed by atoms with Crippen molar-refractivity contribution in [2.45, 2.75) is 19.8 Å². The van der Waals surface area contributed by atoms with Gasteiger partial charge in [-0.25, -0.2) is 14.3 Å². The third kappa shape index (κ3) is 2.96. The van der Waals surface area contributed by atoms with Crippen molar-refractivity contribution in [3.8, 4) is 17.1 Å². The third-order valence-electron chi connectivity index (χ3n) is 4.64. The largest absolute Gasteiger partial charge is 0.383 e. The normalized spacial score (nSPS) is 11.2. The number of benzene rings is 2. The Balaban J connectivity index is 1.95. The van der Waals surface area contributed by atoms with E-state index in [-0.39, 0.29) is 16.9 Å². The molecule has 2 aromatic carbocycles. The van der Waals surface area contributed by atoms with E-state index in [1.807, 2.05) is 30.3 Å². The van der Waals surface area contributed by atoms with Crippen LogP contribution in [0.4, 0.5) is 5.82 Å². The monoisotopic (exact) mass is 373 g/mol. The number of hydrogen-bond donors (Lipinski definition) is 2. The van der Waals surface area contributed by atoms with Crippen LogP contribution >= 0.6 is 0 Å². The molecule has 0 aliphatic heterocycles. The van der Waals surface area contributed by atoms with Gasteiger partial charge >= 0.3 is 5.69 Å². The smallest absolute Gasteiger partial charge is 0.354 e. The predicted molar refractivity (Wildman–Crippen MR) is 110 cm³/mol. The van der Waals surface area contributed by atoms with Crippen molar-refractivity contribution in [2.24, 2.45) is 0 Å². The lowest BCUT2D eigenvalue weighted by molar-refractivity contribution is 0.867. The molecule has 0 saturated carbocycles. The van der Waals surface area contributed by atoms with E-state index in [2.05, 4.69) is 28.8 Å². The summed E-state index contributed by atoms with van der Waals surface area (Å²) in [5.41, 5.74) is 7.72. The van der Waals surface area contributed by atoms with E-state index >= 15 is 0 Å². The molecule has 3 N–H and O–H groups in total. The number of nitrogen functional groups attached to an aromatic ring is 1. The molecule has 0 bridgehead atoms. The summed E-state index contributed by atoms with van der Waals surface area (Å²) in [6.07, 6.45) is 0. The highest BCUT2D eigenvalue weighted by Gasteiger charge is 2.16. The van der Waals surface area contributed by atoms with Crippen LogP contribution < -0.4 is 17.0 Å². The summed E-state index contributed by atoms with van der Waals surface area (Å²) in [6, 6.07) is 16.7. The summed E-state index contributed by atoms with van der Waals surface area (Å²) in [5.74, 6) is 0.852. The average Bonchev–Trinajstić information content (AvgIpc) is 2.69. The maximum atomic E-state index is 12.5. The van der Waals surface area contributed by atoms with Crippen LogP contribution in [0, 0.1) is 0 Å². The fraction of sp³-hybridized carbons (Fsp3) is 0.143. The summed E-state index contributed by atoms with van der Waals surface area (Å²) < 4.78 is 1.25. The number of H-pyrrole nitrogens is 1. The molecule has 0 aliphatic carbocycles. The highest BCUT2D eigenvalue weighted by Crippen LogP contribution is 2.22. The Morgan fingerprint density at radius 3 is 2.25 bits per heavy atom. The van der Waals surface area contributed by atoms with Crippen LogP contribution in [0.2, 0.25) is 0 Å². The topological polar surface area (TPSA) is 107 Å². The number of para-hydroxylation sites is 1. The zero-order valence-electron chi connectivity index (χ0n) is 15.5. The zero-order valence-corrected chi connectivity index (χ0v) is 15.5. The molecule has 7 heteroatoms. The molecular formula is C21H19N5O2. The minimum atomic E-state index is -0.627. The second-order valence-electron chi connectivity index (χ2n) is 6.84. The number of aromatic nitrogens is 4. The van der Waals surface area contributed by atoms with Crippen molar-refractivity contribution in [2.75, 3.05) is 5.73 Å². The molecule has 0 atom stereocenters. The third-order valence-corrected chi connectivity index (χ3v) is 4.64. The molecule has 140 valence electrons. The summed E-state index contributed by atoms with van der Waals surface area (Å²) in [4.78, 5) is 36.1. The quantitative estimate of drug-likeness (QED) is 0.574. The van der Waals surface area contributed by atoms with Gasteiger partial charge in [0.05, 0.1) is 5.69 Å². The molecule has 4 aromatic rings. The molecule has 0 radical (unpaired) electrons. The van der Waals surface area contributed by atoms with Crippen LogP contribution in [0.1, 0.15) is 25.3 Å². The van der Waals surface area contributed by atoms with Gasteiger partial charge < -0.3 is 10.7 Å². The van der Waals surface area contributed by atoms with Gasteiger partial charge in [0.25, 0.3) is 5.56 Å². The molecule has 28 heavy (non-hydrogen) atoms. The maximum absolute atomic E-state index is 12.5. The van der Waals surface area contributed by atoms with Crippen molar-refractivity contribution in [3.05, 3.63) is 81.0 Å². The van der Waals surface area contributed by atoms with E-state index in [1.165, 1.54) is 10.1 Å². The Bertz CT molecular complexity index is 1270. The van der Waals surface area contributed by atoms with Crippen LogP contribution in [-0.4, -0.2) is 19.5 Å². The molecule has 4 rings (SSSR count). The summed E-state index contributed by atoms with van der Waals surface area (Å²) >= 11 is 0. The van der Waals surface area contributed by atoms with Crippen molar-refractivity contribution in [1.82, 2.24) is 19.5 Å². The molecule has 0 unspecified atom stereocenters. The minimum Gasteiger partial charge on any atom is -0.383 e. The molecule has 0 amide bonds. The van der Waals surface area contributed by atoms with E-state index in [4.69, 9.17) is 5.73 Å². The highest BCUT2D eigenvalue weighted by molar-refractivity contribution is 5.85. The number of anilines is 1. The molecule has 2 aromatic heterocycles. The Labute approximate surface area is 160 Å². The maximum Gasteiger partial charge on any atom is 0.354 e. The lowest BCUT2D eigenvalue weighted by atomic mass is 10.0. The molecule has 7 nitrogen and oxygen atoms in total. The first-order valence-electron chi connectivity index (χ1n) is 8.94. The molecule has 0 aliphatic rings. The summed E-state index contributed by atoms with van der Waals surface area (Å²) in [7, 11) is 0. The van der Waals surface area contributed by atoms with Crippen LogP contribution in [0.25, 0.3) is 28.1 Å². The van der Waals surface area contributed by atoms with Crippen LogP contribution in [-0.2, 0) is 0 Å². The number of nitrogens with one attached hydrogen (secondary N) is 1. The number of nitrogens with zero attached hydrogens (tertiary/aromatic N) is 3. The van der Waals surface area contributed by atoms with Gasteiger partial charge in [-0.15, -0.1) is 0 Å². The molecule has 0 saturated heterocycles. The van der Waals surface area contributed by atoms with Gasteiger partial charge in [0.1, 0.15) is 17.2 Å². The molecule has 0 spiro atoms. The van der Waals surface area contributed by atoms with Crippen molar-refractivity contribution < 1.29 is 0 Å². The van der Waals surface area contributed by atoms with Crippen LogP contribution in [0.15, 0.2) is 64.2 Å². The highest BCUT2D eigenvalue weighted by atomic mass is 16.1. The van der Waals surface area contributed by atoms with Gasteiger partial charge in [0, 0.05) is 5.56 Å². The number of aromatic amines is 1. The first-order chi connectivity index (χ1) is 13.5. The first-order valence-corrected chi connectivity index (χ1v) is 8.94. The van der Waals surface area contributed by atoms with Gasteiger partial charge in [-0.3, -0.25) is 4.79 Å². The molecule has 2 heterocycles. The Morgan fingerprint density at radius 2 is 1.61 bits per heavy atom. The Morgan fingerprint density at radius 1 is 0.929 bits per heavy atom. The standard InChI is InChI=1S/C21H19N5O2/c1-12(2)13-8-10-14(11-9-13)19-23-16-17(20(27)25-19)24-21(28)26(18(16)22)15-6-4-3-5-7-15/h3-12H,22H2,1-2H3,(H,23,25,27). The van der Waals surface area contributed by atoms with Crippen LogP contribution in [0.5, 0.6) is 0 Å². The van der Waals surface area contributed by atoms with Gasteiger partial charge in [0.2, 0.25) is 0 Å². The molecular weight excluding hydrogens is 354 g/mol. The summed E-state index contributed by atoms with van der Waals surface area (Å²) in [5, 5.41) is 0. The number of rotatable bonds is 3. The number of nitrogens with two attached hydrogens (primary N) is 1. The van der Waals surface area contributed by atoms with E-state index < -0.39 is 11.2 Å². The number of fused-ring (bicyclic) bond motifs is 1. The Hall–Kier alpha value is -3.74. The second kappa shape index (κ2) is 6.77. The van der Waals surface area contributed by atoms with E-state index in [9.17, 15) is 9.59 Å². The lowest BCUT2D eigenvalue weighted by Crippen LogP contribution is -2.27. The van der Waals surface area contributed by atoms with Crippen molar-refractivity contribution >= 4 is 16.9 Å². The lowest BCUT2D eigenvalue weighted by Gasteiger charge is -2.11. The fourth-order valence-electron chi connectivity index (χ4n) is 3.09. The Kier molecular flexibility index (Phi) is 4.27.